The van der Waals surface area contributed by atoms with E-state index in [9.17, 15) is 0 Å². The maximum absolute atomic E-state index is 2.41. The van der Waals surface area contributed by atoms with Crippen LogP contribution in [0, 0.1) is 0 Å². The second kappa shape index (κ2) is 4.74. The van der Waals surface area contributed by atoms with E-state index < -0.39 is 8.07 Å². The molecule has 0 bridgehead atoms. The zero-order valence-corrected chi connectivity index (χ0v) is 13.8. The zero-order chi connectivity index (χ0) is 14.3. The Kier molecular flexibility index (Phi) is 3.18. The molecule has 2 aromatic carbocycles. The van der Waals surface area contributed by atoms with Gasteiger partial charge < -0.3 is 0 Å². The summed E-state index contributed by atoms with van der Waals surface area (Å²) in [5.41, 5.74) is 7.12. The van der Waals surface area contributed by atoms with Gasteiger partial charge in [-0.15, -0.1) is 0 Å². The van der Waals surface area contributed by atoms with Gasteiger partial charge in [0.15, 0.2) is 0 Å². The van der Waals surface area contributed by atoms with Gasteiger partial charge in [-0.2, -0.15) is 0 Å². The lowest BCUT2D eigenvalue weighted by Crippen LogP contribution is -2.37. The van der Waals surface area contributed by atoms with Gasteiger partial charge in [-0.05, 0) is 35.6 Å². The minimum atomic E-state index is -1.25. The lowest BCUT2D eigenvalue weighted by atomic mass is 9.97. The van der Waals surface area contributed by atoms with Gasteiger partial charge in [0.25, 0.3) is 0 Å². The van der Waals surface area contributed by atoms with E-state index in [0.717, 1.165) is 6.42 Å². The molecule has 1 aliphatic carbocycles. The zero-order valence-electron chi connectivity index (χ0n) is 12.8. The summed E-state index contributed by atoms with van der Waals surface area (Å²) in [4.78, 5) is 0. The van der Waals surface area contributed by atoms with Gasteiger partial charge in [0.2, 0.25) is 0 Å². The largest absolute Gasteiger partial charge is 0.0776 e. The Balaban J connectivity index is 2.14. The molecule has 0 spiro atoms. The van der Waals surface area contributed by atoms with E-state index in [0.29, 0.717) is 0 Å². The van der Waals surface area contributed by atoms with Crippen molar-refractivity contribution in [3.05, 3.63) is 59.2 Å². The summed E-state index contributed by atoms with van der Waals surface area (Å²) >= 11 is 0. The molecule has 102 valence electrons. The third-order valence-corrected chi connectivity index (χ3v) is 6.14. The number of rotatable bonds is 2. The van der Waals surface area contributed by atoms with Crippen LogP contribution >= 0.6 is 0 Å². The molecule has 0 N–H and O–H groups in total. The summed E-state index contributed by atoms with van der Waals surface area (Å²) in [6.45, 7) is 9.45. The van der Waals surface area contributed by atoms with Crippen molar-refractivity contribution in [1.29, 1.82) is 0 Å². The number of fused-ring (bicyclic) bond motifs is 1. The lowest BCUT2D eigenvalue weighted by molar-refractivity contribution is 1.20. The first-order valence-corrected chi connectivity index (χ1v) is 10.8. The second-order valence-corrected chi connectivity index (χ2v) is 12.0. The summed E-state index contributed by atoms with van der Waals surface area (Å²) in [6.07, 6.45) is 3.46. The minimum Gasteiger partial charge on any atom is -0.0683 e. The fraction of sp³-hybridized carbons (Fsp3) is 0.263. The third kappa shape index (κ3) is 2.38. The molecule has 0 atom stereocenters. The summed E-state index contributed by atoms with van der Waals surface area (Å²) in [5.74, 6) is 0. The molecule has 0 amide bonds. The average Bonchev–Trinajstić information content (AvgIpc) is 2.77. The first kappa shape index (κ1) is 13.4. The van der Waals surface area contributed by atoms with Crippen molar-refractivity contribution < 1.29 is 0 Å². The first-order valence-electron chi connectivity index (χ1n) is 7.35. The highest BCUT2D eigenvalue weighted by Crippen LogP contribution is 2.33. The van der Waals surface area contributed by atoms with Gasteiger partial charge >= 0.3 is 0 Å². The first-order chi connectivity index (χ1) is 9.45. The maximum atomic E-state index is 2.41. The van der Waals surface area contributed by atoms with Crippen molar-refractivity contribution in [1.82, 2.24) is 0 Å². The minimum absolute atomic E-state index is 1.11. The predicted molar refractivity (Wildman–Crippen MR) is 92.2 cm³/mol. The molecular weight excluding hydrogens is 256 g/mol. The molecule has 0 radical (unpaired) electrons. The topological polar surface area (TPSA) is 0 Å². The number of hydrogen-bond donors (Lipinski definition) is 0. The van der Waals surface area contributed by atoms with Gasteiger partial charge in [-0.1, -0.05) is 78.9 Å². The van der Waals surface area contributed by atoms with Crippen molar-refractivity contribution in [2.24, 2.45) is 0 Å². The maximum Gasteiger partial charge on any atom is 0.0776 e. The van der Waals surface area contributed by atoms with Gasteiger partial charge in [-0.25, -0.2) is 0 Å². The van der Waals surface area contributed by atoms with Crippen LogP contribution in [0.3, 0.4) is 0 Å². The molecule has 2 aromatic rings. The fourth-order valence-electron chi connectivity index (χ4n) is 2.94. The molecule has 0 heterocycles. The molecule has 0 fully saturated rings. The average molecular weight is 278 g/mol. The van der Waals surface area contributed by atoms with E-state index in [-0.39, 0.29) is 0 Å². The van der Waals surface area contributed by atoms with Gasteiger partial charge in [0, 0.05) is 0 Å². The van der Waals surface area contributed by atoms with Gasteiger partial charge in [0.05, 0.1) is 8.07 Å². The van der Waals surface area contributed by atoms with Crippen LogP contribution in [0.5, 0.6) is 0 Å². The highest BCUT2D eigenvalue weighted by Gasteiger charge is 2.18. The van der Waals surface area contributed by atoms with Crippen LogP contribution in [0.1, 0.15) is 18.1 Å². The van der Waals surface area contributed by atoms with Gasteiger partial charge in [0.1, 0.15) is 0 Å². The van der Waals surface area contributed by atoms with Crippen LogP contribution in [-0.4, -0.2) is 8.07 Å². The molecule has 0 nitrogen and oxygen atoms in total. The van der Waals surface area contributed by atoms with Crippen molar-refractivity contribution in [2.45, 2.75) is 33.0 Å². The van der Waals surface area contributed by atoms with Gasteiger partial charge in [-0.3, -0.25) is 0 Å². The number of benzene rings is 2. The molecule has 0 saturated carbocycles. The molecule has 0 aromatic heterocycles. The van der Waals surface area contributed by atoms with E-state index in [2.05, 4.69) is 75.1 Å². The molecule has 1 aliphatic rings. The Labute approximate surface area is 123 Å². The SMILES string of the molecule is CC1=Cc2c(cccc2-c2cccc([Si](C)(C)C)c2)C1. The number of hydrogen-bond acceptors (Lipinski definition) is 0. The van der Waals surface area contributed by atoms with Crippen molar-refractivity contribution >= 4 is 19.3 Å². The smallest absolute Gasteiger partial charge is 0.0683 e. The van der Waals surface area contributed by atoms with Crippen LogP contribution < -0.4 is 5.19 Å². The van der Waals surface area contributed by atoms with E-state index in [1.807, 2.05) is 0 Å². The summed E-state index contributed by atoms with van der Waals surface area (Å²) < 4.78 is 0. The monoisotopic (exact) mass is 278 g/mol. The number of allylic oxidation sites excluding steroid dienone is 1. The van der Waals surface area contributed by atoms with Crippen LogP contribution in [0.15, 0.2) is 48.0 Å². The summed E-state index contributed by atoms with van der Waals surface area (Å²) in [6, 6.07) is 15.9. The van der Waals surface area contributed by atoms with E-state index in [1.165, 1.54) is 33.0 Å². The molecule has 0 saturated heterocycles. The quantitative estimate of drug-likeness (QED) is 0.688. The third-order valence-electron chi connectivity index (χ3n) is 4.10. The molecule has 1 heteroatoms. The Morgan fingerprint density at radius 1 is 0.950 bits per heavy atom. The van der Waals surface area contributed by atoms with Crippen LogP contribution in [-0.2, 0) is 6.42 Å². The second-order valence-electron chi connectivity index (χ2n) is 6.88. The van der Waals surface area contributed by atoms with E-state index in [4.69, 9.17) is 0 Å². The standard InChI is InChI=1S/C19H22Si/c1-14-11-15-8-6-10-18(19(15)12-14)16-7-5-9-17(13-16)20(2,3)4/h5-10,12-13H,11H2,1-4H3. The molecule has 0 unspecified atom stereocenters. The lowest BCUT2D eigenvalue weighted by Gasteiger charge is -2.18. The predicted octanol–water partition coefficient (Wildman–Crippen LogP) is 4.86. The fourth-order valence-corrected chi connectivity index (χ4v) is 4.13. The molecule has 3 rings (SSSR count). The van der Waals surface area contributed by atoms with Crippen molar-refractivity contribution in [3.8, 4) is 11.1 Å². The summed E-state index contributed by atoms with van der Waals surface area (Å²) in [7, 11) is -1.25. The normalized spacial score (nSPS) is 14.1. The van der Waals surface area contributed by atoms with Crippen LogP contribution in [0.25, 0.3) is 17.2 Å². The Morgan fingerprint density at radius 3 is 2.45 bits per heavy atom. The van der Waals surface area contributed by atoms with E-state index in [1.54, 1.807) is 0 Å². The Morgan fingerprint density at radius 2 is 1.70 bits per heavy atom. The van der Waals surface area contributed by atoms with Crippen LogP contribution in [0.4, 0.5) is 0 Å². The highest BCUT2D eigenvalue weighted by molar-refractivity contribution is 6.88. The van der Waals surface area contributed by atoms with Crippen molar-refractivity contribution in [3.63, 3.8) is 0 Å². The summed E-state index contributed by atoms with van der Waals surface area (Å²) in [5, 5.41) is 1.53. The Hall–Kier alpha value is -1.60. The highest BCUT2D eigenvalue weighted by atomic mass is 28.3. The van der Waals surface area contributed by atoms with E-state index >= 15 is 0 Å². The van der Waals surface area contributed by atoms with Crippen molar-refractivity contribution in [2.75, 3.05) is 0 Å². The molecule has 20 heavy (non-hydrogen) atoms. The Bertz CT molecular complexity index is 687. The molecule has 0 aliphatic heterocycles. The molecular formula is C19H22Si. The van der Waals surface area contributed by atoms with Crippen LogP contribution in [0.2, 0.25) is 19.6 Å².